The zero-order chi connectivity index (χ0) is 18.6. The van der Waals surface area contributed by atoms with Gasteiger partial charge in [-0.1, -0.05) is 12.8 Å². The second kappa shape index (κ2) is 7.94. The fourth-order valence-electron chi connectivity index (χ4n) is 3.99. The van der Waals surface area contributed by atoms with Gasteiger partial charge in [-0.2, -0.15) is 5.10 Å². The molecule has 2 aliphatic rings. The maximum Gasteiger partial charge on any atom is 0.317 e. The normalized spacial score (nSPS) is 18.7. The number of rotatable bonds is 4. The first-order valence-electron chi connectivity index (χ1n) is 9.83. The van der Waals surface area contributed by atoms with Crippen LogP contribution >= 0.6 is 0 Å². The minimum atomic E-state index is -0.104. The lowest BCUT2D eigenvalue weighted by Crippen LogP contribution is -2.47. The third-order valence-corrected chi connectivity index (χ3v) is 5.61. The number of carbonyl (C=O) groups excluding carboxylic acids is 1. The second-order valence-electron chi connectivity index (χ2n) is 7.52. The molecule has 4 rings (SSSR count). The molecule has 0 unspecified atom stereocenters. The van der Waals surface area contributed by atoms with Crippen molar-refractivity contribution in [1.29, 1.82) is 0 Å². The highest BCUT2D eigenvalue weighted by Gasteiger charge is 2.26. The largest absolute Gasteiger partial charge is 0.335 e. The molecule has 1 aliphatic carbocycles. The van der Waals surface area contributed by atoms with Gasteiger partial charge >= 0.3 is 6.03 Å². The van der Waals surface area contributed by atoms with Crippen LogP contribution in [0.25, 0.3) is 5.82 Å². The topological polar surface area (TPSA) is 85.1 Å². The number of hydrogen-bond acceptors (Lipinski definition) is 4. The number of amides is 2. The average molecular weight is 370 g/mol. The number of nitrogens with zero attached hydrogens (tertiary/aromatic N) is 5. The Balaban J connectivity index is 1.33. The molecule has 2 amide bonds. The van der Waals surface area contributed by atoms with Gasteiger partial charge in [0.2, 0.25) is 0 Å². The zero-order valence-corrected chi connectivity index (χ0v) is 15.5. The number of likely N-dealkylation sites (tertiary alicyclic amines) is 1. The van der Waals surface area contributed by atoms with Crippen molar-refractivity contribution < 1.29 is 4.79 Å². The van der Waals surface area contributed by atoms with Crippen molar-refractivity contribution >= 4 is 6.03 Å². The van der Waals surface area contributed by atoms with Crippen molar-refractivity contribution in [1.82, 2.24) is 29.8 Å². The SMILES string of the molecule is O=C(NC1CCCC1)N1CCC(Cn2nc(-n3cccn3)ccc2=O)CC1. The molecular formula is C19H26N6O2. The minimum absolute atomic E-state index is 0.0660. The Labute approximate surface area is 158 Å². The lowest BCUT2D eigenvalue weighted by molar-refractivity contribution is 0.160. The molecular weight excluding hydrogens is 344 g/mol. The molecule has 0 aromatic carbocycles. The van der Waals surface area contributed by atoms with Crippen LogP contribution in [-0.4, -0.2) is 49.6 Å². The number of piperidine rings is 1. The van der Waals surface area contributed by atoms with Crippen LogP contribution in [0.5, 0.6) is 0 Å². The van der Waals surface area contributed by atoms with Crippen molar-refractivity contribution in [3.63, 3.8) is 0 Å². The summed E-state index contributed by atoms with van der Waals surface area (Å²) in [6, 6.07) is 5.46. The molecule has 27 heavy (non-hydrogen) atoms. The van der Waals surface area contributed by atoms with E-state index in [4.69, 9.17) is 0 Å². The Bertz CT molecular complexity index is 817. The molecule has 1 N–H and O–H groups in total. The fourth-order valence-corrected chi connectivity index (χ4v) is 3.99. The van der Waals surface area contributed by atoms with E-state index < -0.39 is 0 Å². The Hall–Kier alpha value is -2.64. The van der Waals surface area contributed by atoms with Gasteiger partial charge < -0.3 is 10.2 Å². The van der Waals surface area contributed by atoms with Gasteiger partial charge in [-0.05, 0) is 43.7 Å². The van der Waals surface area contributed by atoms with E-state index in [-0.39, 0.29) is 11.6 Å². The summed E-state index contributed by atoms with van der Waals surface area (Å²) in [4.78, 5) is 26.5. The Morgan fingerprint density at radius 1 is 1.15 bits per heavy atom. The van der Waals surface area contributed by atoms with Crippen LogP contribution in [0.2, 0.25) is 0 Å². The molecule has 0 atom stereocenters. The van der Waals surface area contributed by atoms with Crippen LogP contribution in [0.15, 0.2) is 35.4 Å². The van der Waals surface area contributed by atoms with E-state index in [0.717, 1.165) is 38.8 Å². The first-order valence-corrected chi connectivity index (χ1v) is 9.83. The van der Waals surface area contributed by atoms with E-state index in [0.29, 0.717) is 24.3 Å². The second-order valence-corrected chi connectivity index (χ2v) is 7.52. The number of nitrogens with one attached hydrogen (secondary N) is 1. The van der Waals surface area contributed by atoms with Gasteiger partial charge in [0.1, 0.15) is 0 Å². The predicted molar refractivity (Wildman–Crippen MR) is 101 cm³/mol. The van der Waals surface area contributed by atoms with Gasteiger partial charge in [-0.3, -0.25) is 4.79 Å². The maximum atomic E-state index is 12.4. The summed E-state index contributed by atoms with van der Waals surface area (Å²) in [6.45, 7) is 2.04. The zero-order valence-electron chi connectivity index (χ0n) is 15.5. The average Bonchev–Trinajstić information content (AvgIpc) is 3.38. The van der Waals surface area contributed by atoms with Crippen molar-refractivity contribution in [2.24, 2.45) is 5.92 Å². The van der Waals surface area contributed by atoms with Gasteiger partial charge in [-0.25, -0.2) is 14.2 Å². The molecule has 3 heterocycles. The van der Waals surface area contributed by atoms with Crippen LogP contribution in [0.4, 0.5) is 4.79 Å². The fraction of sp³-hybridized carbons (Fsp3) is 0.579. The monoisotopic (exact) mass is 370 g/mol. The van der Waals surface area contributed by atoms with Gasteiger partial charge in [-0.15, -0.1) is 5.10 Å². The number of carbonyl (C=O) groups is 1. The molecule has 2 aromatic rings. The summed E-state index contributed by atoms with van der Waals surface area (Å²) >= 11 is 0. The molecule has 1 aliphatic heterocycles. The van der Waals surface area contributed by atoms with Crippen molar-refractivity contribution in [3.05, 3.63) is 40.9 Å². The first kappa shape index (κ1) is 17.8. The Kier molecular flexibility index (Phi) is 5.22. The quantitative estimate of drug-likeness (QED) is 0.889. The summed E-state index contributed by atoms with van der Waals surface area (Å²) in [6.07, 6.45) is 9.89. The van der Waals surface area contributed by atoms with E-state index in [2.05, 4.69) is 15.5 Å². The van der Waals surface area contributed by atoms with E-state index in [1.54, 1.807) is 23.1 Å². The highest BCUT2D eigenvalue weighted by molar-refractivity contribution is 5.74. The lowest BCUT2D eigenvalue weighted by Gasteiger charge is -2.32. The summed E-state index contributed by atoms with van der Waals surface area (Å²) in [5.74, 6) is 0.978. The minimum Gasteiger partial charge on any atom is -0.335 e. The summed E-state index contributed by atoms with van der Waals surface area (Å²) in [7, 11) is 0. The van der Waals surface area contributed by atoms with Crippen LogP contribution in [-0.2, 0) is 6.54 Å². The van der Waals surface area contributed by atoms with Gasteiger partial charge in [0, 0.05) is 44.1 Å². The van der Waals surface area contributed by atoms with Crippen LogP contribution in [0.3, 0.4) is 0 Å². The predicted octanol–water partition coefficient (Wildman–Crippen LogP) is 1.79. The number of aromatic nitrogens is 4. The molecule has 8 heteroatoms. The number of hydrogen-bond donors (Lipinski definition) is 1. The summed E-state index contributed by atoms with van der Waals surface area (Å²) < 4.78 is 3.17. The summed E-state index contributed by atoms with van der Waals surface area (Å²) in [5.41, 5.74) is -0.104. The molecule has 0 spiro atoms. The third-order valence-electron chi connectivity index (χ3n) is 5.61. The molecule has 144 valence electrons. The van der Waals surface area contributed by atoms with E-state index >= 15 is 0 Å². The van der Waals surface area contributed by atoms with Crippen LogP contribution < -0.4 is 10.9 Å². The van der Waals surface area contributed by atoms with E-state index in [1.807, 2.05) is 11.0 Å². The third kappa shape index (κ3) is 4.20. The van der Waals surface area contributed by atoms with Crippen molar-refractivity contribution in [2.45, 2.75) is 51.1 Å². The number of urea groups is 1. The first-order chi connectivity index (χ1) is 13.2. The van der Waals surface area contributed by atoms with E-state index in [1.165, 1.54) is 23.6 Å². The molecule has 1 saturated heterocycles. The standard InChI is InChI=1S/C19H26N6O2/c26-18-7-6-17(24-11-3-10-20-24)22-25(18)14-15-8-12-23(13-9-15)19(27)21-16-4-1-2-5-16/h3,6-7,10-11,15-16H,1-2,4-5,8-9,12-14H2,(H,21,27). The highest BCUT2D eigenvalue weighted by atomic mass is 16.2. The molecule has 1 saturated carbocycles. The molecule has 2 fully saturated rings. The molecule has 0 bridgehead atoms. The van der Waals surface area contributed by atoms with Crippen LogP contribution in [0, 0.1) is 5.92 Å². The van der Waals surface area contributed by atoms with E-state index in [9.17, 15) is 9.59 Å². The molecule has 0 radical (unpaired) electrons. The highest BCUT2D eigenvalue weighted by Crippen LogP contribution is 2.21. The summed E-state index contributed by atoms with van der Waals surface area (Å²) in [5, 5.41) is 11.8. The lowest BCUT2D eigenvalue weighted by atomic mass is 9.97. The van der Waals surface area contributed by atoms with Gasteiger partial charge in [0.05, 0.1) is 0 Å². The maximum absolute atomic E-state index is 12.4. The van der Waals surface area contributed by atoms with Crippen molar-refractivity contribution in [2.75, 3.05) is 13.1 Å². The Morgan fingerprint density at radius 2 is 1.93 bits per heavy atom. The van der Waals surface area contributed by atoms with Gasteiger partial charge in [0.15, 0.2) is 5.82 Å². The van der Waals surface area contributed by atoms with Crippen LogP contribution in [0.1, 0.15) is 38.5 Å². The smallest absolute Gasteiger partial charge is 0.317 e. The molecule has 8 nitrogen and oxygen atoms in total. The van der Waals surface area contributed by atoms with Crippen molar-refractivity contribution in [3.8, 4) is 5.82 Å². The molecule has 2 aromatic heterocycles. The Morgan fingerprint density at radius 3 is 2.63 bits per heavy atom. The van der Waals surface area contributed by atoms with Gasteiger partial charge in [0.25, 0.3) is 5.56 Å².